The lowest BCUT2D eigenvalue weighted by Gasteiger charge is -2.25. The van der Waals surface area contributed by atoms with Gasteiger partial charge in [0.25, 0.3) is 0 Å². The molecule has 1 aromatic carbocycles. The molecule has 2 rings (SSSR count). The quantitative estimate of drug-likeness (QED) is 0.825. The Morgan fingerprint density at radius 2 is 2.25 bits per heavy atom. The maximum absolute atomic E-state index is 12.3. The Kier molecular flexibility index (Phi) is 4.82. The summed E-state index contributed by atoms with van der Waals surface area (Å²) in [4.78, 5) is 24.8. The van der Waals surface area contributed by atoms with E-state index in [0.29, 0.717) is 20.9 Å². The molecule has 1 fully saturated rings. The van der Waals surface area contributed by atoms with Gasteiger partial charge in [-0.1, -0.05) is 17.7 Å². The number of nitrogens with one attached hydrogen (secondary N) is 1. The van der Waals surface area contributed by atoms with Crippen LogP contribution in [0.1, 0.15) is 6.92 Å². The number of hydrogen-bond acceptors (Lipinski definition) is 3. The second-order valence-electron chi connectivity index (χ2n) is 4.23. The van der Waals surface area contributed by atoms with Gasteiger partial charge in [-0.2, -0.15) is 0 Å². The molecule has 1 heterocycles. The number of anilines is 1. The number of carboxylic acid groups (broad SMARTS) is 1. The number of amides is 2. The van der Waals surface area contributed by atoms with E-state index >= 15 is 0 Å². The van der Waals surface area contributed by atoms with Crippen LogP contribution in [0.5, 0.6) is 0 Å². The molecule has 1 aromatic rings. The second kappa shape index (κ2) is 6.24. The molecule has 1 aliphatic heterocycles. The fraction of sp³-hybridized carbons (Fsp3) is 0.333. The maximum Gasteiger partial charge on any atom is 0.327 e. The SMILES string of the molecule is CC1SCC(C(=O)O)N1C(=O)Nc1cccc(Cl)c1Br. The molecule has 0 aliphatic carbocycles. The minimum Gasteiger partial charge on any atom is -0.480 e. The van der Waals surface area contributed by atoms with Gasteiger partial charge >= 0.3 is 12.0 Å². The van der Waals surface area contributed by atoms with Gasteiger partial charge < -0.3 is 10.4 Å². The number of hydrogen-bond donors (Lipinski definition) is 2. The molecule has 1 aliphatic rings. The largest absolute Gasteiger partial charge is 0.480 e. The van der Waals surface area contributed by atoms with Gasteiger partial charge in [0.1, 0.15) is 6.04 Å². The number of aliphatic carboxylic acids is 1. The predicted molar refractivity (Wildman–Crippen MR) is 83.4 cm³/mol. The van der Waals surface area contributed by atoms with Crippen LogP contribution in [-0.2, 0) is 4.79 Å². The van der Waals surface area contributed by atoms with E-state index in [-0.39, 0.29) is 5.37 Å². The minimum atomic E-state index is -0.998. The van der Waals surface area contributed by atoms with Crippen LogP contribution in [0.3, 0.4) is 0 Å². The molecule has 0 radical (unpaired) electrons. The molecular formula is C12H12BrClN2O3S. The predicted octanol–water partition coefficient (Wildman–Crippen LogP) is 3.48. The number of benzene rings is 1. The lowest BCUT2D eigenvalue weighted by molar-refractivity contribution is -0.141. The normalized spacial score (nSPS) is 21.9. The summed E-state index contributed by atoms with van der Waals surface area (Å²) in [5, 5.41) is 12.1. The summed E-state index contributed by atoms with van der Waals surface area (Å²) in [6.07, 6.45) is 0. The summed E-state index contributed by atoms with van der Waals surface area (Å²) in [5.41, 5.74) is 0.510. The lowest BCUT2D eigenvalue weighted by atomic mass is 10.3. The average Bonchev–Trinajstić information content (AvgIpc) is 2.77. The molecule has 5 nitrogen and oxygen atoms in total. The fourth-order valence-electron chi connectivity index (χ4n) is 1.92. The molecule has 108 valence electrons. The van der Waals surface area contributed by atoms with E-state index in [1.807, 2.05) is 0 Å². The summed E-state index contributed by atoms with van der Waals surface area (Å²) >= 11 is 10.7. The highest BCUT2D eigenvalue weighted by Crippen LogP contribution is 2.32. The number of nitrogens with zero attached hydrogens (tertiary/aromatic N) is 1. The second-order valence-corrected chi connectivity index (χ2v) is 6.77. The van der Waals surface area contributed by atoms with Gasteiger partial charge in [-0.15, -0.1) is 11.8 Å². The van der Waals surface area contributed by atoms with Crippen molar-refractivity contribution in [2.24, 2.45) is 0 Å². The summed E-state index contributed by atoms with van der Waals surface area (Å²) < 4.78 is 0.571. The number of rotatable bonds is 2. The number of halogens is 2. The standard InChI is InChI=1S/C12H12BrClN2O3S/c1-6-16(9(5-20-6)11(17)18)12(19)15-8-4-2-3-7(14)10(8)13/h2-4,6,9H,5H2,1H3,(H,15,19)(H,17,18). The van der Waals surface area contributed by atoms with Crippen molar-refractivity contribution < 1.29 is 14.7 Å². The number of urea groups is 1. The molecule has 2 atom stereocenters. The van der Waals surface area contributed by atoms with Crippen LogP contribution in [-0.4, -0.2) is 39.2 Å². The summed E-state index contributed by atoms with van der Waals surface area (Å²) in [7, 11) is 0. The van der Waals surface area contributed by atoms with Gasteiger partial charge in [-0.25, -0.2) is 9.59 Å². The van der Waals surface area contributed by atoms with Gasteiger partial charge in [-0.3, -0.25) is 4.90 Å². The maximum atomic E-state index is 12.3. The van der Waals surface area contributed by atoms with Crippen LogP contribution in [0.15, 0.2) is 22.7 Å². The topological polar surface area (TPSA) is 69.6 Å². The number of carbonyl (C=O) groups excluding carboxylic acids is 1. The molecule has 2 unspecified atom stereocenters. The van der Waals surface area contributed by atoms with Gasteiger partial charge in [0, 0.05) is 5.75 Å². The van der Waals surface area contributed by atoms with Crippen molar-refractivity contribution in [3.8, 4) is 0 Å². The monoisotopic (exact) mass is 378 g/mol. The van der Waals surface area contributed by atoms with E-state index in [4.69, 9.17) is 16.7 Å². The van der Waals surface area contributed by atoms with E-state index in [1.54, 1.807) is 25.1 Å². The molecule has 20 heavy (non-hydrogen) atoms. The first-order valence-electron chi connectivity index (χ1n) is 5.79. The van der Waals surface area contributed by atoms with Crippen molar-refractivity contribution >= 4 is 57.0 Å². The average molecular weight is 380 g/mol. The Morgan fingerprint density at radius 1 is 1.55 bits per heavy atom. The Balaban J connectivity index is 2.19. The van der Waals surface area contributed by atoms with E-state index in [2.05, 4.69) is 21.2 Å². The van der Waals surface area contributed by atoms with Crippen LogP contribution in [0.25, 0.3) is 0 Å². The lowest BCUT2D eigenvalue weighted by Crippen LogP contribution is -2.46. The minimum absolute atomic E-state index is 0.186. The number of carboxylic acids is 1. The summed E-state index contributed by atoms with van der Waals surface area (Å²) in [6, 6.07) is 3.83. The van der Waals surface area contributed by atoms with Crippen LogP contribution < -0.4 is 5.32 Å². The first-order chi connectivity index (χ1) is 9.41. The van der Waals surface area contributed by atoms with Crippen molar-refractivity contribution in [2.75, 3.05) is 11.1 Å². The third kappa shape index (κ3) is 3.05. The third-order valence-electron chi connectivity index (χ3n) is 2.94. The summed E-state index contributed by atoms with van der Waals surface area (Å²) in [5.74, 6) is -0.608. The van der Waals surface area contributed by atoms with Crippen LogP contribution >= 0.6 is 39.3 Å². The molecule has 0 aromatic heterocycles. The molecule has 2 N–H and O–H groups in total. The zero-order valence-electron chi connectivity index (χ0n) is 10.5. The van der Waals surface area contributed by atoms with Gasteiger partial charge in [0.05, 0.1) is 20.6 Å². The van der Waals surface area contributed by atoms with Crippen molar-refractivity contribution in [2.45, 2.75) is 18.3 Å². The molecule has 0 saturated carbocycles. The smallest absolute Gasteiger partial charge is 0.327 e. The molecule has 0 bridgehead atoms. The van der Waals surface area contributed by atoms with Gasteiger partial charge in [0.2, 0.25) is 0 Å². The third-order valence-corrected chi connectivity index (χ3v) is 5.55. The van der Waals surface area contributed by atoms with Gasteiger partial charge in [0.15, 0.2) is 0 Å². The first-order valence-corrected chi connectivity index (χ1v) is 8.01. The van der Waals surface area contributed by atoms with Gasteiger partial charge in [-0.05, 0) is 35.0 Å². The zero-order chi connectivity index (χ0) is 14.9. The van der Waals surface area contributed by atoms with E-state index in [9.17, 15) is 9.59 Å². The molecule has 2 amide bonds. The van der Waals surface area contributed by atoms with Crippen LogP contribution in [0.2, 0.25) is 5.02 Å². The fourth-order valence-corrected chi connectivity index (χ4v) is 3.63. The van der Waals surface area contributed by atoms with Crippen molar-refractivity contribution in [1.82, 2.24) is 4.90 Å². The van der Waals surface area contributed by atoms with E-state index in [0.717, 1.165) is 0 Å². The molecule has 8 heteroatoms. The van der Waals surface area contributed by atoms with Crippen molar-refractivity contribution in [3.63, 3.8) is 0 Å². The van der Waals surface area contributed by atoms with E-state index in [1.165, 1.54) is 16.7 Å². The summed E-state index contributed by atoms with van der Waals surface area (Å²) in [6.45, 7) is 1.81. The van der Waals surface area contributed by atoms with Crippen molar-refractivity contribution in [1.29, 1.82) is 0 Å². The Morgan fingerprint density at radius 3 is 2.90 bits per heavy atom. The highest BCUT2D eigenvalue weighted by molar-refractivity contribution is 9.10. The highest BCUT2D eigenvalue weighted by Gasteiger charge is 2.39. The Labute approximate surface area is 133 Å². The Bertz CT molecular complexity index is 558. The first kappa shape index (κ1) is 15.5. The van der Waals surface area contributed by atoms with Crippen molar-refractivity contribution in [3.05, 3.63) is 27.7 Å². The van der Waals surface area contributed by atoms with Crippen LogP contribution in [0, 0.1) is 0 Å². The molecular weight excluding hydrogens is 368 g/mol. The zero-order valence-corrected chi connectivity index (χ0v) is 13.6. The molecule has 1 saturated heterocycles. The number of carbonyl (C=O) groups is 2. The Hall–Kier alpha value is -0.920. The number of thioether (sulfide) groups is 1. The van der Waals surface area contributed by atoms with Crippen LogP contribution in [0.4, 0.5) is 10.5 Å². The van der Waals surface area contributed by atoms with E-state index < -0.39 is 18.0 Å². The molecule has 0 spiro atoms. The highest BCUT2D eigenvalue weighted by atomic mass is 79.9.